The fourth-order valence-electron chi connectivity index (χ4n) is 3.71. The Bertz CT molecular complexity index is 679. The summed E-state index contributed by atoms with van der Waals surface area (Å²) in [5, 5.41) is 0.724. The first kappa shape index (κ1) is 18.5. The minimum atomic E-state index is -0.150. The van der Waals surface area contributed by atoms with Crippen molar-refractivity contribution in [3.63, 3.8) is 0 Å². The smallest absolute Gasteiger partial charge is 0.123 e. The van der Waals surface area contributed by atoms with Crippen molar-refractivity contribution in [2.75, 3.05) is 19.6 Å². The van der Waals surface area contributed by atoms with Gasteiger partial charge in [0.05, 0.1) is 0 Å². The fraction of sp³-hybridized carbons (Fsp3) is 0.455. The van der Waals surface area contributed by atoms with Gasteiger partial charge in [0.15, 0.2) is 0 Å². The van der Waals surface area contributed by atoms with Gasteiger partial charge in [0.2, 0.25) is 0 Å². The van der Waals surface area contributed by atoms with Gasteiger partial charge in [0.25, 0.3) is 0 Å². The van der Waals surface area contributed by atoms with Gasteiger partial charge in [-0.25, -0.2) is 4.39 Å². The average Bonchev–Trinajstić information content (AvgIpc) is 2.59. The zero-order valence-corrected chi connectivity index (χ0v) is 16.3. The first-order chi connectivity index (χ1) is 12.0. The molecule has 0 amide bonds. The van der Waals surface area contributed by atoms with Gasteiger partial charge in [0.1, 0.15) is 5.82 Å². The molecule has 2 aromatic carbocycles. The van der Waals surface area contributed by atoms with Gasteiger partial charge < -0.3 is 4.90 Å². The number of hydrogen-bond acceptors (Lipinski definition) is 2. The molecule has 1 nitrogen and oxygen atoms in total. The van der Waals surface area contributed by atoms with Crippen LogP contribution in [0.3, 0.4) is 0 Å². The third kappa shape index (κ3) is 5.08. The van der Waals surface area contributed by atoms with Crippen molar-refractivity contribution >= 4 is 11.8 Å². The van der Waals surface area contributed by atoms with Crippen molar-refractivity contribution < 1.29 is 4.39 Å². The lowest BCUT2D eigenvalue weighted by molar-refractivity contribution is 0.235. The quantitative estimate of drug-likeness (QED) is 0.690. The van der Waals surface area contributed by atoms with E-state index in [-0.39, 0.29) is 5.82 Å². The number of rotatable bonds is 5. The van der Waals surface area contributed by atoms with Crippen molar-refractivity contribution in [2.24, 2.45) is 0 Å². The lowest BCUT2D eigenvalue weighted by Crippen LogP contribution is -2.36. The molecular weight excluding hydrogens is 329 g/mol. The summed E-state index contributed by atoms with van der Waals surface area (Å²) in [6.45, 7) is 10.1. The monoisotopic (exact) mass is 357 g/mol. The number of piperidine rings is 1. The molecule has 1 fully saturated rings. The number of hydrogen-bond donors (Lipinski definition) is 0. The van der Waals surface area contributed by atoms with E-state index in [1.165, 1.54) is 53.1 Å². The lowest BCUT2D eigenvalue weighted by Gasteiger charge is -2.32. The number of nitrogens with zero attached hydrogens (tertiary/aromatic N) is 1. The van der Waals surface area contributed by atoms with Gasteiger partial charge >= 0.3 is 0 Å². The maximum atomic E-state index is 13.0. The SMILES string of the molecule is Cc1cc(C)c(SC2CCN(CCc3ccc(F)cc3)CC2)c(C)c1. The Morgan fingerprint density at radius 1 is 1.00 bits per heavy atom. The second-order valence-corrected chi connectivity index (χ2v) is 8.57. The van der Waals surface area contributed by atoms with E-state index >= 15 is 0 Å². The molecule has 2 aromatic rings. The Balaban J connectivity index is 1.48. The highest BCUT2D eigenvalue weighted by Gasteiger charge is 2.21. The fourth-order valence-corrected chi connectivity index (χ4v) is 4.98. The summed E-state index contributed by atoms with van der Waals surface area (Å²) in [5.74, 6) is -0.150. The molecule has 1 aliphatic heterocycles. The molecule has 0 radical (unpaired) electrons. The van der Waals surface area contributed by atoms with Crippen LogP contribution in [0.15, 0.2) is 41.3 Å². The van der Waals surface area contributed by atoms with Crippen LogP contribution in [0.4, 0.5) is 4.39 Å². The first-order valence-electron chi connectivity index (χ1n) is 9.22. The molecule has 1 aliphatic rings. The minimum absolute atomic E-state index is 0.150. The average molecular weight is 358 g/mol. The first-order valence-corrected chi connectivity index (χ1v) is 10.1. The molecule has 0 aromatic heterocycles. The lowest BCUT2D eigenvalue weighted by atomic mass is 10.1. The van der Waals surface area contributed by atoms with Crippen LogP contribution >= 0.6 is 11.8 Å². The van der Waals surface area contributed by atoms with Crippen molar-refractivity contribution in [1.82, 2.24) is 4.90 Å². The van der Waals surface area contributed by atoms with E-state index < -0.39 is 0 Å². The van der Waals surface area contributed by atoms with Gasteiger partial charge in [-0.15, -0.1) is 11.8 Å². The zero-order chi connectivity index (χ0) is 17.8. The van der Waals surface area contributed by atoms with Crippen LogP contribution in [0.2, 0.25) is 0 Å². The normalized spacial score (nSPS) is 16.3. The predicted octanol–water partition coefficient (Wildman–Crippen LogP) is 5.55. The summed E-state index contributed by atoms with van der Waals surface area (Å²) in [4.78, 5) is 4.03. The predicted molar refractivity (Wildman–Crippen MR) is 106 cm³/mol. The molecule has 3 rings (SSSR count). The molecule has 3 heteroatoms. The minimum Gasteiger partial charge on any atom is -0.303 e. The molecule has 134 valence electrons. The molecule has 0 unspecified atom stereocenters. The maximum Gasteiger partial charge on any atom is 0.123 e. The van der Waals surface area contributed by atoms with E-state index in [4.69, 9.17) is 0 Å². The van der Waals surface area contributed by atoms with E-state index in [9.17, 15) is 4.39 Å². The van der Waals surface area contributed by atoms with Gasteiger partial charge in [-0.3, -0.25) is 0 Å². The molecule has 0 spiro atoms. The summed E-state index contributed by atoms with van der Waals surface area (Å²) >= 11 is 2.08. The highest BCUT2D eigenvalue weighted by atomic mass is 32.2. The van der Waals surface area contributed by atoms with Crippen LogP contribution in [-0.4, -0.2) is 29.8 Å². The molecular formula is C22H28FNS. The van der Waals surface area contributed by atoms with Crippen molar-refractivity contribution in [1.29, 1.82) is 0 Å². The standard InChI is InChI=1S/C22H28FNS/c1-16-14-17(2)22(18(3)15-16)25-21-9-12-24(13-10-21)11-8-19-4-6-20(23)7-5-19/h4-7,14-15,21H,8-13H2,1-3H3. The second-order valence-electron chi connectivity index (χ2n) is 7.26. The number of likely N-dealkylation sites (tertiary alicyclic amines) is 1. The van der Waals surface area contributed by atoms with Gasteiger partial charge in [-0.05, 0) is 81.9 Å². The van der Waals surface area contributed by atoms with Crippen LogP contribution in [0.5, 0.6) is 0 Å². The van der Waals surface area contributed by atoms with Crippen LogP contribution in [0, 0.1) is 26.6 Å². The molecule has 1 heterocycles. The molecule has 0 N–H and O–H groups in total. The third-order valence-electron chi connectivity index (χ3n) is 5.05. The molecule has 1 saturated heterocycles. The highest BCUT2D eigenvalue weighted by Crippen LogP contribution is 2.35. The number of thioether (sulfide) groups is 1. The van der Waals surface area contributed by atoms with Gasteiger partial charge in [0, 0.05) is 16.7 Å². The summed E-state index contributed by atoms with van der Waals surface area (Å²) < 4.78 is 13.0. The molecule has 0 saturated carbocycles. The van der Waals surface area contributed by atoms with Crippen LogP contribution in [0.25, 0.3) is 0 Å². The summed E-state index contributed by atoms with van der Waals surface area (Å²) in [6.07, 6.45) is 3.51. The van der Waals surface area contributed by atoms with Crippen molar-refractivity contribution in [2.45, 2.75) is 50.2 Å². The zero-order valence-electron chi connectivity index (χ0n) is 15.5. The number of benzene rings is 2. The number of halogens is 1. The van der Waals surface area contributed by atoms with Gasteiger partial charge in [-0.1, -0.05) is 29.8 Å². The molecule has 0 atom stereocenters. The summed E-state index contributed by atoms with van der Waals surface area (Å²) in [5.41, 5.74) is 5.42. The van der Waals surface area contributed by atoms with Crippen molar-refractivity contribution in [3.8, 4) is 0 Å². The Morgan fingerprint density at radius 2 is 1.60 bits per heavy atom. The summed E-state index contributed by atoms with van der Waals surface area (Å²) in [6, 6.07) is 11.5. The van der Waals surface area contributed by atoms with E-state index in [1.54, 1.807) is 12.1 Å². The Hall–Kier alpha value is -1.32. The van der Waals surface area contributed by atoms with E-state index in [0.717, 1.165) is 18.2 Å². The van der Waals surface area contributed by atoms with Gasteiger partial charge in [-0.2, -0.15) is 0 Å². The van der Waals surface area contributed by atoms with Crippen LogP contribution < -0.4 is 0 Å². The molecule has 0 aliphatic carbocycles. The maximum absolute atomic E-state index is 13.0. The van der Waals surface area contributed by atoms with E-state index in [1.807, 2.05) is 12.1 Å². The Morgan fingerprint density at radius 3 is 2.20 bits per heavy atom. The largest absolute Gasteiger partial charge is 0.303 e. The molecule has 25 heavy (non-hydrogen) atoms. The second kappa shape index (κ2) is 8.37. The van der Waals surface area contributed by atoms with E-state index in [0.29, 0.717) is 0 Å². The number of aryl methyl sites for hydroxylation is 3. The van der Waals surface area contributed by atoms with Crippen molar-refractivity contribution in [3.05, 3.63) is 64.5 Å². The highest BCUT2D eigenvalue weighted by molar-refractivity contribution is 8.00. The Kier molecular flexibility index (Phi) is 6.19. The molecule has 0 bridgehead atoms. The van der Waals surface area contributed by atoms with Crippen LogP contribution in [-0.2, 0) is 6.42 Å². The van der Waals surface area contributed by atoms with Crippen LogP contribution in [0.1, 0.15) is 35.1 Å². The third-order valence-corrected chi connectivity index (χ3v) is 6.74. The van der Waals surface area contributed by atoms with E-state index in [2.05, 4.69) is 49.6 Å². The Labute approximate surface area is 155 Å². The summed E-state index contributed by atoms with van der Waals surface area (Å²) in [7, 11) is 0. The topological polar surface area (TPSA) is 3.24 Å².